The van der Waals surface area contributed by atoms with Gasteiger partial charge in [-0.25, -0.2) is 0 Å². The predicted molar refractivity (Wildman–Crippen MR) is 125 cm³/mol. The molecule has 1 aromatic carbocycles. The van der Waals surface area contributed by atoms with Crippen molar-refractivity contribution in [3.63, 3.8) is 0 Å². The molecule has 5 aliphatic rings. The van der Waals surface area contributed by atoms with Crippen LogP contribution in [-0.2, 0) is 9.59 Å². The van der Waals surface area contributed by atoms with Gasteiger partial charge in [-0.1, -0.05) is 0 Å². The van der Waals surface area contributed by atoms with Crippen LogP contribution in [0.3, 0.4) is 0 Å². The molecule has 0 radical (unpaired) electrons. The quantitative estimate of drug-likeness (QED) is 0.682. The molecule has 1 saturated heterocycles. The highest BCUT2D eigenvalue weighted by atomic mass is 16.5. The van der Waals surface area contributed by atoms with Crippen molar-refractivity contribution < 1.29 is 14.3 Å². The van der Waals surface area contributed by atoms with E-state index in [2.05, 4.69) is 27.7 Å². The Kier molecular flexibility index (Phi) is 6.04. The van der Waals surface area contributed by atoms with Gasteiger partial charge in [0.1, 0.15) is 5.75 Å². The van der Waals surface area contributed by atoms with Gasteiger partial charge >= 0.3 is 0 Å². The van der Waals surface area contributed by atoms with Crippen LogP contribution in [0.5, 0.6) is 5.75 Å². The van der Waals surface area contributed by atoms with Crippen molar-refractivity contribution in [2.45, 2.75) is 63.8 Å². The number of nitrogens with one attached hydrogen (secondary N) is 2. The van der Waals surface area contributed by atoms with E-state index < -0.39 is 0 Å². The first-order valence-corrected chi connectivity index (χ1v) is 12.5. The van der Waals surface area contributed by atoms with Gasteiger partial charge in [-0.3, -0.25) is 9.59 Å². The summed E-state index contributed by atoms with van der Waals surface area (Å²) in [6.07, 6.45) is 9.49. The third-order valence-electron chi connectivity index (χ3n) is 8.46. The van der Waals surface area contributed by atoms with Crippen molar-refractivity contribution >= 4 is 17.5 Å². The van der Waals surface area contributed by atoms with Crippen LogP contribution in [0.1, 0.15) is 57.8 Å². The fourth-order valence-corrected chi connectivity index (χ4v) is 7.24. The summed E-state index contributed by atoms with van der Waals surface area (Å²) in [4.78, 5) is 27.9. The van der Waals surface area contributed by atoms with Crippen LogP contribution in [0.2, 0.25) is 0 Å². The molecule has 4 saturated carbocycles. The van der Waals surface area contributed by atoms with Crippen molar-refractivity contribution in [1.82, 2.24) is 10.6 Å². The highest BCUT2D eigenvalue weighted by molar-refractivity contribution is 5.84. The zero-order valence-electron chi connectivity index (χ0n) is 19.3. The molecular weight excluding hydrogens is 402 g/mol. The molecule has 0 unspecified atom stereocenters. The van der Waals surface area contributed by atoms with Crippen LogP contribution >= 0.6 is 0 Å². The lowest BCUT2D eigenvalue weighted by Crippen LogP contribution is -2.54. The van der Waals surface area contributed by atoms with E-state index in [1.807, 2.05) is 12.1 Å². The van der Waals surface area contributed by atoms with Crippen LogP contribution in [0.25, 0.3) is 0 Å². The molecule has 0 spiro atoms. The summed E-state index contributed by atoms with van der Waals surface area (Å²) in [7, 11) is 1.68. The molecule has 6 nitrogen and oxygen atoms in total. The van der Waals surface area contributed by atoms with Crippen LogP contribution in [0.15, 0.2) is 24.3 Å². The molecule has 6 heteroatoms. The topological polar surface area (TPSA) is 70.7 Å². The molecule has 1 aromatic rings. The van der Waals surface area contributed by atoms with Crippen molar-refractivity contribution in [1.29, 1.82) is 0 Å². The Labute approximate surface area is 191 Å². The molecule has 32 heavy (non-hydrogen) atoms. The molecule has 1 heterocycles. The molecule has 4 aliphatic carbocycles. The minimum absolute atomic E-state index is 0.0544. The van der Waals surface area contributed by atoms with E-state index in [1.165, 1.54) is 24.9 Å². The number of carbonyl (C=O) groups excluding carboxylic acids is 2. The highest BCUT2D eigenvalue weighted by Gasteiger charge is 2.54. The van der Waals surface area contributed by atoms with Crippen molar-refractivity contribution in [2.75, 3.05) is 31.6 Å². The monoisotopic (exact) mass is 439 g/mol. The van der Waals surface area contributed by atoms with E-state index in [9.17, 15) is 9.59 Å². The summed E-state index contributed by atoms with van der Waals surface area (Å²) in [5.74, 6) is 3.43. The number of anilines is 1. The van der Waals surface area contributed by atoms with Gasteiger partial charge < -0.3 is 20.3 Å². The standard InChI is InChI=1S/C26H37N3O3/c1-32-23-4-2-22(3-5-23)29-10-7-21(8-11-29)28-24(30)6-9-27-25(31)26-15-18-12-19(16-26)14-20(13-18)17-26/h2-5,18-21H,6-17H2,1H3,(H,27,31)(H,28,30). The van der Waals surface area contributed by atoms with Crippen LogP contribution in [0.4, 0.5) is 5.69 Å². The number of rotatable bonds is 7. The fraction of sp³-hybridized carbons (Fsp3) is 0.692. The van der Waals surface area contributed by atoms with Crippen LogP contribution in [0, 0.1) is 23.2 Å². The van der Waals surface area contributed by atoms with E-state index in [4.69, 9.17) is 4.74 Å². The lowest BCUT2D eigenvalue weighted by molar-refractivity contribution is -0.146. The highest BCUT2D eigenvalue weighted by Crippen LogP contribution is 2.60. The second-order valence-electron chi connectivity index (χ2n) is 10.7. The summed E-state index contributed by atoms with van der Waals surface area (Å²) in [5, 5.41) is 6.31. The average molecular weight is 440 g/mol. The van der Waals surface area contributed by atoms with Crippen LogP contribution < -0.4 is 20.3 Å². The normalized spacial score (nSPS) is 31.4. The molecule has 0 atom stereocenters. The zero-order valence-corrected chi connectivity index (χ0v) is 19.3. The third kappa shape index (κ3) is 4.46. The summed E-state index contributed by atoms with van der Waals surface area (Å²) >= 11 is 0. The van der Waals surface area contributed by atoms with Gasteiger partial charge in [0.15, 0.2) is 0 Å². The first kappa shape index (κ1) is 21.6. The molecule has 0 aromatic heterocycles. The number of methoxy groups -OCH3 is 1. The second kappa shape index (κ2) is 8.95. The number of benzene rings is 1. The Morgan fingerprint density at radius 2 is 1.59 bits per heavy atom. The summed E-state index contributed by atoms with van der Waals surface area (Å²) in [6.45, 7) is 2.32. The van der Waals surface area contributed by atoms with Crippen molar-refractivity contribution in [2.24, 2.45) is 23.2 Å². The number of ether oxygens (including phenoxy) is 1. The Morgan fingerprint density at radius 3 is 2.16 bits per heavy atom. The Hall–Kier alpha value is -2.24. The molecule has 6 rings (SSSR count). The van der Waals surface area contributed by atoms with E-state index in [1.54, 1.807) is 7.11 Å². The average Bonchev–Trinajstić information content (AvgIpc) is 2.79. The van der Waals surface area contributed by atoms with Gasteiger partial charge in [-0.2, -0.15) is 0 Å². The maximum Gasteiger partial charge on any atom is 0.226 e. The second-order valence-corrected chi connectivity index (χ2v) is 10.7. The predicted octanol–water partition coefficient (Wildman–Crippen LogP) is 3.50. The maximum absolute atomic E-state index is 13.0. The van der Waals surface area contributed by atoms with E-state index in [-0.39, 0.29) is 23.3 Å². The minimum Gasteiger partial charge on any atom is -0.497 e. The lowest BCUT2D eigenvalue weighted by Gasteiger charge is -2.55. The molecule has 4 bridgehead atoms. The van der Waals surface area contributed by atoms with Gasteiger partial charge in [0.25, 0.3) is 0 Å². The van der Waals surface area contributed by atoms with Crippen molar-refractivity contribution in [3.8, 4) is 5.75 Å². The van der Waals surface area contributed by atoms with Crippen LogP contribution in [-0.4, -0.2) is 44.6 Å². The van der Waals surface area contributed by atoms with Gasteiger partial charge in [0.2, 0.25) is 11.8 Å². The van der Waals surface area contributed by atoms with Crippen molar-refractivity contribution in [3.05, 3.63) is 24.3 Å². The smallest absolute Gasteiger partial charge is 0.226 e. The number of piperidine rings is 1. The molecule has 1 aliphatic heterocycles. The van der Waals surface area contributed by atoms with Gasteiger partial charge in [-0.05, 0) is 93.4 Å². The third-order valence-corrected chi connectivity index (χ3v) is 8.46. The maximum atomic E-state index is 13.0. The molecule has 2 N–H and O–H groups in total. The molecule has 2 amide bonds. The molecule has 5 fully saturated rings. The Balaban J connectivity index is 1.03. The summed E-state index contributed by atoms with van der Waals surface area (Å²) in [6, 6.07) is 8.37. The van der Waals surface area contributed by atoms with Gasteiger partial charge in [0, 0.05) is 43.2 Å². The van der Waals surface area contributed by atoms with E-state index in [0.29, 0.717) is 13.0 Å². The van der Waals surface area contributed by atoms with Gasteiger partial charge in [0.05, 0.1) is 7.11 Å². The fourth-order valence-electron chi connectivity index (χ4n) is 7.24. The van der Waals surface area contributed by atoms with E-state index in [0.717, 1.165) is 68.7 Å². The number of hydrogen-bond acceptors (Lipinski definition) is 4. The zero-order chi connectivity index (χ0) is 22.1. The minimum atomic E-state index is -0.125. The lowest BCUT2D eigenvalue weighted by atomic mass is 9.49. The number of carbonyl (C=O) groups is 2. The number of nitrogens with zero attached hydrogens (tertiary/aromatic N) is 1. The van der Waals surface area contributed by atoms with E-state index >= 15 is 0 Å². The largest absolute Gasteiger partial charge is 0.497 e. The SMILES string of the molecule is COc1ccc(N2CCC(NC(=O)CCNC(=O)C34CC5CC(CC(C5)C3)C4)CC2)cc1. The number of amides is 2. The van der Waals surface area contributed by atoms with Gasteiger partial charge in [-0.15, -0.1) is 0 Å². The first-order valence-electron chi connectivity index (χ1n) is 12.5. The Morgan fingerprint density at radius 1 is 1.00 bits per heavy atom. The number of hydrogen-bond donors (Lipinski definition) is 2. The molecule has 174 valence electrons. The first-order chi connectivity index (χ1) is 15.5. The summed E-state index contributed by atoms with van der Waals surface area (Å²) in [5.41, 5.74) is 1.07. The Bertz CT molecular complexity index is 794. The molecular formula is C26H37N3O3. The summed E-state index contributed by atoms with van der Waals surface area (Å²) < 4.78 is 5.23.